The van der Waals surface area contributed by atoms with Crippen LogP contribution in [0.3, 0.4) is 0 Å². The number of benzene rings is 2. The number of aliphatic hydroxyl groups excluding tert-OH is 1. The quantitative estimate of drug-likeness (QED) is 0.324. The number of amides is 1. The summed E-state index contributed by atoms with van der Waals surface area (Å²) in [4.78, 5) is 27.6. The van der Waals surface area contributed by atoms with Crippen molar-refractivity contribution in [2.24, 2.45) is 0 Å². The smallest absolute Gasteiger partial charge is 0.300 e. The average Bonchev–Trinajstić information content (AvgIpc) is 3.42. The van der Waals surface area contributed by atoms with Crippen molar-refractivity contribution in [1.29, 1.82) is 0 Å². The first-order valence-corrected chi connectivity index (χ1v) is 11.3. The Kier molecular flexibility index (Phi) is 5.13. The molecule has 1 N–H and O–H groups in total. The summed E-state index contributed by atoms with van der Waals surface area (Å²) in [5, 5.41) is 12.9. The number of carbonyl (C=O) groups excluding carboxylic acids is 2. The predicted molar refractivity (Wildman–Crippen MR) is 119 cm³/mol. The molecule has 1 aliphatic carbocycles. The number of hydrogen-bond acceptors (Lipinski definition) is 4. The number of halogens is 2. The van der Waals surface area contributed by atoms with Gasteiger partial charge < -0.3 is 5.11 Å². The van der Waals surface area contributed by atoms with Crippen molar-refractivity contribution in [3.8, 4) is 0 Å². The van der Waals surface area contributed by atoms with Gasteiger partial charge in [0.25, 0.3) is 11.7 Å². The number of rotatable bonds is 3. The van der Waals surface area contributed by atoms with Gasteiger partial charge in [-0.1, -0.05) is 18.2 Å². The van der Waals surface area contributed by atoms with Crippen LogP contribution in [-0.2, 0) is 22.4 Å². The summed E-state index contributed by atoms with van der Waals surface area (Å²) in [6.07, 6.45) is 4.01. The van der Waals surface area contributed by atoms with Crippen LogP contribution >= 0.6 is 11.3 Å². The lowest BCUT2D eigenvalue weighted by Crippen LogP contribution is -2.30. The number of aliphatic hydroxyl groups is 1. The number of carbonyl (C=O) groups is 2. The van der Waals surface area contributed by atoms with Crippen LogP contribution in [0.1, 0.15) is 40.5 Å². The van der Waals surface area contributed by atoms with Crippen LogP contribution < -0.4 is 4.90 Å². The maximum absolute atomic E-state index is 14.6. The van der Waals surface area contributed by atoms with Crippen molar-refractivity contribution in [2.75, 3.05) is 4.90 Å². The van der Waals surface area contributed by atoms with E-state index in [0.29, 0.717) is 10.4 Å². The molecule has 5 rings (SSSR count). The number of ketones is 1. The zero-order chi connectivity index (χ0) is 22.4. The number of anilines is 1. The molecule has 1 atom stereocenters. The molecular formula is C25H19F2NO3S. The SMILES string of the molecule is O=C1C(=O)N(c2cc(F)ccc2F)C(c2cccs2)/C1=C(/O)c1ccc2c(c1)CCCC2. The van der Waals surface area contributed by atoms with Gasteiger partial charge in [-0.2, -0.15) is 0 Å². The predicted octanol–water partition coefficient (Wildman–Crippen LogP) is 5.53. The van der Waals surface area contributed by atoms with Gasteiger partial charge in [0.2, 0.25) is 0 Å². The minimum Gasteiger partial charge on any atom is -0.507 e. The van der Waals surface area contributed by atoms with E-state index in [1.807, 2.05) is 12.1 Å². The average molecular weight is 451 g/mol. The van der Waals surface area contributed by atoms with Gasteiger partial charge in [0, 0.05) is 16.5 Å². The molecule has 1 fully saturated rings. The summed E-state index contributed by atoms with van der Waals surface area (Å²) in [7, 11) is 0. The standard InChI is InChI=1S/C25H19F2NO3S/c26-17-9-10-18(27)19(13-17)28-22(20-6-3-11-32-20)21(24(30)25(28)31)23(29)16-8-7-14-4-1-2-5-15(14)12-16/h3,6-13,22,29H,1-2,4-5H2/b23-21-. The van der Waals surface area contributed by atoms with Gasteiger partial charge in [-0.05, 0) is 66.5 Å². The van der Waals surface area contributed by atoms with E-state index < -0.39 is 29.4 Å². The minimum absolute atomic E-state index is 0.128. The molecule has 1 amide bonds. The number of fused-ring (bicyclic) bond motifs is 1. The first-order valence-electron chi connectivity index (χ1n) is 10.4. The Hall–Kier alpha value is -3.32. The Morgan fingerprint density at radius 1 is 1.00 bits per heavy atom. The third kappa shape index (κ3) is 3.33. The van der Waals surface area contributed by atoms with Crippen molar-refractivity contribution in [3.05, 3.63) is 92.7 Å². The zero-order valence-corrected chi connectivity index (χ0v) is 17.8. The Morgan fingerprint density at radius 3 is 2.53 bits per heavy atom. The lowest BCUT2D eigenvalue weighted by molar-refractivity contribution is -0.132. The van der Waals surface area contributed by atoms with Crippen molar-refractivity contribution in [1.82, 2.24) is 0 Å². The molecule has 0 radical (unpaired) electrons. The summed E-state index contributed by atoms with van der Waals surface area (Å²) >= 11 is 1.26. The monoisotopic (exact) mass is 451 g/mol. The summed E-state index contributed by atoms with van der Waals surface area (Å²) < 4.78 is 28.6. The fourth-order valence-corrected chi connectivity index (χ4v) is 5.33. The molecule has 1 unspecified atom stereocenters. The number of nitrogens with zero attached hydrogens (tertiary/aromatic N) is 1. The number of hydrogen-bond donors (Lipinski definition) is 1. The Morgan fingerprint density at radius 2 is 1.78 bits per heavy atom. The second-order valence-corrected chi connectivity index (χ2v) is 8.95. The normalized spacial score (nSPS) is 19.9. The van der Waals surface area contributed by atoms with Gasteiger partial charge in [0.1, 0.15) is 23.4 Å². The molecule has 7 heteroatoms. The van der Waals surface area contributed by atoms with Crippen molar-refractivity contribution in [2.45, 2.75) is 31.7 Å². The van der Waals surface area contributed by atoms with Crippen LogP contribution in [0, 0.1) is 11.6 Å². The molecule has 0 bridgehead atoms. The summed E-state index contributed by atoms with van der Waals surface area (Å²) in [5.41, 5.74) is 2.29. The molecule has 3 aromatic rings. The fraction of sp³-hybridized carbons (Fsp3) is 0.200. The van der Waals surface area contributed by atoms with Crippen LogP contribution in [-0.4, -0.2) is 16.8 Å². The zero-order valence-electron chi connectivity index (χ0n) is 17.0. The molecule has 4 nitrogen and oxygen atoms in total. The minimum atomic E-state index is -1.05. The fourth-order valence-electron chi connectivity index (χ4n) is 4.50. The van der Waals surface area contributed by atoms with Crippen molar-refractivity contribution < 1.29 is 23.5 Å². The first kappa shape index (κ1) is 20.6. The van der Waals surface area contributed by atoms with Gasteiger partial charge in [-0.15, -0.1) is 11.3 Å². The molecular weight excluding hydrogens is 432 g/mol. The largest absolute Gasteiger partial charge is 0.507 e. The Bertz CT molecular complexity index is 1270. The third-order valence-corrected chi connectivity index (χ3v) is 6.97. The molecule has 162 valence electrons. The lowest BCUT2D eigenvalue weighted by Gasteiger charge is -2.24. The maximum atomic E-state index is 14.6. The highest BCUT2D eigenvalue weighted by Crippen LogP contribution is 2.44. The van der Waals surface area contributed by atoms with Crippen LogP contribution in [0.5, 0.6) is 0 Å². The van der Waals surface area contributed by atoms with Gasteiger partial charge in [0.15, 0.2) is 0 Å². The van der Waals surface area contributed by atoms with Crippen molar-refractivity contribution >= 4 is 34.5 Å². The molecule has 0 spiro atoms. The highest BCUT2D eigenvalue weighted by atomic mass is 32.1. The molecule has 2 aliphatic rings. The van der Waals surface area contributed by atoms with E-state index in [2.05, 4.69) is 0 Å². The van der Waals surface area contributed by atoms with E-state index in [-0.39, 0.29) is 17.0 Å². The molecule has 32 heavy (non-hydrogen) atoms. The first-order chi connectivity index (χ1) is 15.5. The van der Waals surface area contributed by atoms with E-state index in [0.717, 1.165) is 54.3 Å². The van der Waals surface area contributed by atoms with Crippen LogP contribution in [0.2, 0.25) is 0 Å². The highest BCUT2D eigenvalue weighted by Gasteiger charge is 2.48. The second-order valence-electron chi connectivity index (χ2n) is 7.97. The Labute approximate surface area is 187 Å². The summed E-state index contributed by atoms with van der Waals surface area (Å²) in [6, 6.07) is 10.7. The van der Waals surface area contributed by atoms with Gasteiger partial charge in [-0.3, -0.25) is 14.5 Å². The second kappa shape index (κ2) is 7.98. The maximum Gasteiger partial charge on any atom is 0.300 e. The van der Waals surface area contributed by atoms with E-state index >= 15 is 0 Å². The van der Waals surface area contributed by atoms with Gasteiger partial charge >= 0.3 is 0 Å². The van der Waals surface area contributed by atoms with Crippen LogP contribution in [0.25, 0.3) is 5.76 Å². The lowest BCUT2D eigenvalue weighted by atomic mass is 9.89. The summed E-state index contributed by atoms with van der Waals surface area (Å²) in [6.45, 7) is 0. The summed E-state index contributed by atoms with van der Waals surface area (Å²) in [5.74, 6) is -3.81. The van der Waals surface area contributed by atoms with Gasteiger partial charge in [-0.25, -0.2) is 8.78 Å². The molecule has 2 aromatic carbocycles. The van der Waals surface area contributed by atoms with E-state index in [1.54, 1.807) is 23.6 Å². The van der Waals surface area contributed by atoms with E-state index in [9.17, 15) is 23.5 Å². The molecule has 1 aromatic heterocycles. The molecule has 1 saturated heterocycles. The number of aryl methyl sites for hydroxylation is 2. The van der Waals surface area contributed by atoms with E-state index in [1.165, 1.54) is 16.9 Å². The highest BCUT2D eigenvalue weighted by molar-refractivity contribution is 7.10. The third-order valence-electron chi connectivity index (χ3n) is 6.05. The number of thiophene rings is 1. The number of Topliss-reactive ketones (excluding diaryl/α,β-unsaturated/α-hetero) is 1. The topological polar surface area (TPSA) is 57.6 Å². The Balaban J connectivity index is 1.70. The van der Waals surface area contributed by atoms with Crippen LogP contribution in [0.15, 0.2) is 59.5 Å². The molecule has 0 saturated carbocycles. The van der Waals surface area contributed by atoms with Crippen molar-refractivity contribution in [3.63, 3.8) is 0 Å². The van der Waals surface area contributed by atoms with Gasteiger partial charge in [0.05, 0.1) is 11.3 Å². The van der Waals surface area contributed by atoms with E-state index in [4.69, 9.17) is 0 Å². The molecule has 2 heterocycles. The van der Waals surface area contributed by atoms with Crippen LogP contribution in [0.4, 0.5) is 14.5 Å². The molecule has 1 aliphatic heterocycles.